The van der Waals surface area contributed by atoms with Crippen molar-refractivity contribution in [3.63, 3.8) is 0 Å². The number of fused-ring (bicyclic) bond motifs is 1. The first kappa shape index (κ1) is 27.4. The number of aliphatic imine (C=N–C) groups is 1. The number of carbonyl (C=O) groups excluding carboxylic acids is 1. The van der Waals surface area contributed by atoms with Crippen LogP contribution in [0.1, 0.15) is 63.1 Å². The third-order valence-electron chi connectivity index (χ3n) is 5.93. The smallest absolute Gasteiger partial charge is 0.283 e. The zero-order valence-electron chi connectivity index (χ0n) is 22.5. The molecule has 2 aliphatic rings. The predicted octanol–water partition coefficient (Wildman–Crippen LogP) is 6.39. The second kappa shape index (κ2) is 12.3. The molecule has 0 fully saturated rings. The minimum Gasteiger partial charge on any atom is -0.490 e. The lowest BCUT2D eigenvalue weighted by atomic mass is 10.0. The Labute approximate surface area is 228 Å². The molecule has 2 heterocycles. The van der Waals surface area contributed by atoms with Gasteiger partial charge in [0.2, 0.25) is 5.17 Å². The van der Waals surface area contributed by atoms with E-state index >= 15 is 0 Å². The van der Waals surface area contributed by atoms with Crippen LogP contribution in [0, 0.1) is 12.3 Å². The third kappa shape index (κ3) is 6.27. The maximum absolute atomic E-state index is 12.7. The molecule has 0 saturated heterocycles. The maximum Gasteiger partial charge on any atom is 0.283 e. The van der Waals surface area contributed by atoms with Crippen LogP contribution in [0.5, 0.6) is 17.2 Å². The summed E-state index contributed by atoms with van der Waals surface area (Å²) in [6.07, 6.45) is 3.36. The Kier molecular flexibility index (Phi) is 8.89. The summed E-state index contributed by atoms with van der Waals surface area (Å²) in [7, 11) is 0. The van der Waals surface area contributed by atoms with Gasteiger partial charge >= 0.3 is 0 Å². The zero-order chi connectivity index (χ0) is 27.2. The van der Waals surface area contributed by atoms with Crippen molar-refractivity contribution < 1.29 is 19.0 Å². The lowest BCUT2D eigenvalue weighted by molar-refractivity contribution is -0.114. The number of hydrazone groups is 1. The highest BCUT2D eigenvalue weighted by Crippen LogP contribution is 2.33. The Morgan fingerprint density at radius 2 is 1.79 bits per heavy atom. The molecule has 200 valence electrons. The van der Waals surface area contributed by atoms with Gasteiger partial charge in [-0.05, 0) is 85.3 Å². The van der Waals surface area contributed by atoms with Crippen molar-refractivity contribution in [3.05, 3.63) is 58.7 Å². The lowest BCUT2D eigenvalue weighted by Crippen LogP contribution is -2.35. The molecule has 0 atom stereocenters. The molecule has 0 bridgehead atoms. The molecular formula is C29H34N4O4S. The van der Waals surface area contributed by atoms with Gasteiger partial charge < -0.3 is 14.2 Å². The Morgan fingerprint density at radius 1 is 1.03 bits per heavy atom. The van der Waals surface area contributed by atoms with Crippen LogP contribution >= 0.6 is 11.8 Å². The molecule has 2 aromatic carbocycles. The van der Waals surface area contributed by atoms with Gasteiger partial charge in [0.15, 0.2) is 17.3 Å². The Hall–Kier alpha value is -3.59. The summed E-state index contributed by atoms with van der Waals surface area (Å²) >= 11 is 1.35. The minimum atomic E-state index is -0.450. The van der Waals surface area contributed by atoms with E-state index in [-0.39, 0.29) is 11.4 Å². The highest BCUT2D eigenvalue weighted by atomic mass is 32.2. The van der Waals surface area contributed by atoms with Gasteiger partial charge in [-0.25, -0.2) is 0 Å². The number of nitrogens with zero attached hydrogens (tertiary/aromatic N) is 3. The maximum atomic E-state index is 12.7. The van der Waals surface area contributed by atoms with E-state index in [1.165, 1.54) is 22.3 Å². The second-order valence-electron chi connectivity index (χ2n) is 9.30. The van der Waals surface area contributed by atoms with Crippen LogP contribution in [-0.2, 0) is 4.79 Å². The molecule has 0 aliphatic carbocycles. The largest absolute Gasteiger partial charge is 0.490 e. The Balaban J connectivity index is 1.46. The Bertz CT molecular complexity index is 1320. The van der Waals surface area contributed by atoms with Crippen molar-refractivity contribution in [1.82, 2.24) is 5.01 Å². The number of amidine groups is 2. The van der Waals surface area contributed by atoms with Crippen LogP contribution < -0.4 is 14.2 Å². The highest BCUT2D eigenvalue weighted by Gasteiger charge is 2.35. The molecule has 8 nitrogen and oxygen atoms in total. The van der Waals surface area contributed by atoms with Crippen LogP contribution in [0.4, 0.5) is 0 Å². The summed E-state index contributed by atoms with van der Waals surface area (Å²) in [5.74, 6) is 1.95. The number of benzene rings is 2. The van der Waals surface area contributed by atoms with E-state index in [1.54, 1.807) is 18.2 Å². The number of ether oxygens (including phenoxy) is 3. The van der Waals surface area contributed by atoms with E-state index in [1.807, 2.05) is 19.9 Å². The average molecular weight is 535 g/mol. The van der Waals surface area contributed by atoms with Gasteiger partial charge in [0.25, 0.3) is 5.91 Å². The summed E-state index contributed by atoms with van der Waals surface area (Å²) in [5, 5.41) is 15.7. The van der Waals surface area contributed by atoms with Crippen molar-refractivity contribution in [2.24, 2.45) is 10.1 Å². The van der Waals surface area contributed by atoms with Gasteiger partial charge in [-0.3, -0.25) is 10.2 Å². The number of carbonyl (C=O) groups is 1. The number of nitrogens with one attached hydrogen (secondary N) is 1. The molecular weight excluding hydrogens is 500 g/mol. The summed E-state index contributed by atoms with van der Waals surface area (Å²) in [4.78, 5) is 16.9. The molecule has 0 radical (unpaired) electrons. The minimum absolute atomic E-state index is 0.0194. The van der Waals surface area contributed by atoms with Gasteiger partial charge in [0.05, 0.1) is 12.2 Å². The van der Waals surface area contributed by atoms with E-state index in [0.29, 0.717) is 48.0 Å². The zero-order valence-corrected chi connectivity index (χ0v) is 23.4. The van der Waals surface area contributed by atoms with Crippen molar-refractivity contribution >= 4 is 39.8 Å². The van der Waals surface area contributed by atoms with E-state index in [2.05, 4.69) is 49.1 Å². The second-order valence-corrected chi connectivity index (χ2v) is 10.3. The fourth-order valence-corrected chi connectivity index (χ4v) is 5.05. The molecule has 1 amide bonds. The molecule has 2 aromatic rings. The first-order chi connectivity index (χ1) is 18.3. The molecule has 0 spiro atoms. The molecule has 2 aliphatic heterocycles. The number of aryl methyl sites for hydroxylation is 1. The number of amides is 1. The first-order valence-corrected chi connectivity index (χ1v) is 13.7. The third-order valence-corrected chi connectivity index (χ3v) is 6.90. The van der Waals surface area contributed by atoms with Gasteiger partial charge in [-0.2, -0.15) is 15.1 Å². The van der Waals surface area contributed by atoms with Crippen LogP contribution in [0.15, 0.2) is 52.1 Å². The summed E-state index contributed by atoms with van der Waals surface area (Å²) in [5.41, 5.74) is 3.20. The van der Waals surface area contributed by atoms with Crippen molar-refractivity contribution in [2.75, 3.05) is 19.8 Å². The lowest BCUT2D eigenvalue weighted by Gasteiger charge is -2.20. The number of hydrogen-bond acceptors (Lipinski definition) is 7. The van der Waals surface area contributed by atoms with Gasteiger partial charge in [-0.1, -0.05) is 39.0 Å². The number of hydrogen-bond donors (Lipinski definition) is 1. The van der Waals surface area contributed by atoms with E-state index in [0.717, 1.165) is 29.2 Å². The quantitative estimate of drug-likeness (QED) is 0.265. The molecule has 9 heteroatoms. The van der Waals surface area contributed by atoms with Crippen molar-refractivity contribution in [1.29, 1.82) is 5.41 Å². The first-order valence-electron chi connectivity index (χ1n) is 12.9. The average Bonchev–Trinajstić information content (AvgIpc) is 3.28. The summed E-state index contributed by atoms with van der Waals surface area (Å²) in [6, 6.07) is 11.7. The van der Waals surface area contributed by atoms with E-state index in [9.17, 15) is 4.79 Å². The highest BCUT2D eigenvalue weighted by molar-refractivity contribution is 8.26. The standard InChI is InChI=1S/C29H34N4O4S/c1-6-8-26-32-33-27(30)22(28(34)31-29(33)38-26)16-20-10-12-23(25(17-20)35-7-2)36-13-14-37-24-15-19(5)9-11-21(24)18(3)4/h9-12,15-18,30H,6-8,13-14H2,1-5H3/b22-16+,30-27?. The van der Waals surface area contributed by atoms with Crippen molar-refractivity contribution in [3.8, 4) is 17.2 Å². The van der Waals surface area contributed by atoms with Gasteiger partial charge in [-0.15, -0.1) is 0 Å². The normalized spacial score (nSPS) is 16.1. The van der Waals surface area contributed by atoms with E-state index in [4.69, 9.17) is 19.6 Å². The SMILES string of the molecule is CCCC1=NN2C(=N)/C(=C\c3ccc(OCCOc4cc(C)ccc4C(C)C)c(OCC)c3)C(=O)N=C2S1. The molecule has 0 aromatic heterocycles. The fraction of sp³-hybridized carbons (Fsp3) is 0.379. The Morgan fingerprint density at radius 3 is 2.50 bits per heavy atom. The van der Waals surface area contributed by atoms with E-state index < -0.39 is 5.91 Å². The monoisotopic (exact) mass is 534 g/mol. The van der Waals surface area contributed by atoms with Crippen LogP contribution in [0.2, 0.25) is 0 Å². The summed E-state index contributed by atoms with van der Waals surface area (Å²) < 4.78 is 17.8. The molecule has 4 rings (SSSR count). The van der Waals surface area contributed by atoms with Gasteiger partial charge in [0.1, 0.15) is 24.0 Å². The molecule has 0 unspecified atom stereocenters. The number of rotatable bonds is 11. The van der Waals surface area contributed by atoms with Gasteiger partial charge in [0, 0.05) is 0 Å². The number of thioether (sulfide) groups is 1. The summed E-state index contributed by atoms with van der Waals surface area (Å²) in [6.45, 7) is 11.5. The topological polar surface area (TPSA) is 96.6 Å². The molecule has 1 N–H and O–H groups in total. The van der Waals surface area contributed by atoms with Crippen LogP contribution in [0.25, 0.3) is 6.08 Å². The van der Waals surface area contributed by atoms with Crippen molar-refractivity contribution in [2.45, 2.75) is 53.4 Å². The van der Waals surface area contributed by atoms with Crippen LogP contribution in [-0.4, -0.2) is 46.8 Å². The molecule has 38 heavy (non-hydrogen) atoms. The molecule has 0 saturated carbocycles. The fourth-order valence-electron chi connectivity index (χ4n) is 4.06. The van der Waals surface area contributed by atoms with Crippen LogP contribution in [0.3, 0.4) is 0 Å². The predicted molar refractivity (Wildman–Crippen MR) is 154 cm³/mol.